The molecule has 1 aliphatic heterocycles. The van der Waals surface area contributed by atoms with Crippen molar-refractivity contribution in [1.29, 1.82) is 0 Å². The number of benzene rings is 2. The van der Waals surface area contributed by atoms with Crippen LogP contribution in [0.2, 0.25) is 0 Å². The van der Waals surface area contributed by atoms with Gasteiger partial charge in [-0.05, 0) is 30.5 Å². The van der Waals surface area contributed by atoms with Crippen LogP contribution in [-0.4, -0.2) is 41.3 Å². The minimum atomic E-state index is -3.94. The van der Waals surface area contributed by atoms with Gasteiger partial charge in [-0.2, -0.15) is 4.31 Å². The maximum atomic E-state index is 14.0. The third kappa shape index (κ3) is 4.44. The number of nitrogens with zero attached hydrogens (tertiary/aromatic N) is 3. The molecule has 1 amide bonds. The zero-order valence-electron chi connectivity index (χ0n) is 17.7. The molecular weight excluding hydrogens is 431 g/mol. The van der Waals surface area contributed by atoms with Crippen LogP contribution >= 0.6 is 0 Å². The van der Waals surface area contributed by atoms with E-state index < -0.39 is 21.9 Å². The normalized spacial score (nSPS) is 16.6. The number of aromatic nitrogens is 2. The van der Waals surface area contributed by atoms with Gasteiger partial charge in [-0.3, -0.25) is 4.79 Å². The lowest BCUT2D eigenvalue weighted by molar-refractivity contribution is -0.126. The standard InChI is InChI=1S/C23H25FN4O3S/c1-27-16-13-25-22(27)21(17-7-3-2-4-8-17)26-23(29)18-11-14-28(15-12-18)32(30,31)20-10-6-5-9-19(20)24/h2-10,13,16,18,21H,11-12,14-15H2,1H3,(H,26,29)/t21-/m0/s1. The zero-order valence-corrected chi connectivity index (χ0v) is 18.5. The van der Waals surface area contributed by atoms with E-state index in [1.807, 2.05) is 48.1 Å². The lowest BCUT2D eigenvalue weighted by Crippen LogP contribution is -2.44. The minimum Gasteiger partial charge on any atom is -0.342 e. The van der Waals surface area contributed by atoms with E-state index in [-0.39, 0.29) is 29.8 Å². The first-order valence-corrected chi connectivity index (χ1v) is 11.9. The highest BCUT2D eigenvalue weighted by Gasteiger charge is 2.34. The van der Waals surface area contributed by atoms with Crippen LogP contribution in [0, 0.1) is 11.7 Å². The number of rotatable bonds is 6. The molecule has 32 heavy (non-hydrogen) atoms. The van der Waals surface area contributed by atoms with E-state index in [0.717, 1.165) is 11.6 Å². The van der Waals surface area contributed by atoms with E-state index in [0.29, 0.717) is 18.7 Å². The molecular formula is C23H25FN4O3S. The van der Waals surface area contributed by atoms with Crippen molar-refractivity contribution in [2.45, 2.75) is 23.8 Å². The molecule has 2 aromatic carbocycles. The Labute approximate surface area is 186 Å². The Bertz CT molecular complexity index is 1190. The topological polar surface area (TPSA) is 84.3 Å². The van der Waals surface area contributed by atoms with Gasteiger partial charge in [0.15, 0.2) is 0 Å². The van der Waals surface area contributed by atoms with Gasteiger partial charge in [0.1, 0.15) is 22.6 Å². The molecule has 0 aliphatic carbocycles. The van der Waals surface area contributed by atoms with Crippen molar-refractivity contribution in [3.63, 3.8) is 0 Å². The van der Waals surface area contributed by atoms with Crippen LogP contribution in [-0.2, 0) is 21.9 Å². The van der Waals surface area contributed by atoms with Crippen molar-refractivity contribution >= 4 is 15.9 Å². The largest absolute Gasteiger partial charge is 0.342 e. The van der Waals surface area contributed by atoms with Gasteiger partial charge in [-0.15, -0.1) is 0 Å². The van der Waals surface area contributed by atoms with Crippen LogP contribution in [0.15, 0.2) is 71.9 Å². The van der Waals surface area contributed by atoms with Gasteiger partial charge in [0.2, 0.25) is 15.9 Å². The quantitative estimate of drug-likeness (QED) is 0.618. The van der Waals surface area contributed by atoms with Gasteiger partial charge in [-0.25, -0.2) is 17.8 Å². The monoisotopic (exact) mass is 456 g/mol. The highest BCUT2D eigenvalue weighted by atomic mass is 32.2. The van der Waals surface area contributed by atoms with Crippen molar-refractivity contribution in [1.82, 2.24) is 19.2 Å². The molecule has 3 aromatic rings. The fourth-order valence-electron chi connectivity index (χ4n) is 4.01. The Morgan fingerprint density at radius 1 is 1.09 bits per heavy atom. The molecule has 1 atom stereocenters. The summed E-state index contributed by atoms with van der Waals surface area (Å²) in [5.41, 5.74) is 0.912. The summed E-state index contributed by atoms with van der Waals surface area (Å²) in [5.74, 6) is -0.546. The summed E-state index contributed by atoms with van der Waals surface area (Å²) in [6.07, 6.45) is 4.23. The van der Waals surface area contributed by atoms with Gasteiger partial charge < -0.3 is 9.88 Å². The molecule has 7 nitrogen and oxygen atoms in total. The molecule has 1 N–H and O–H groups in total. The molecule has 1 fully saturated rings. The number of hydrogen-bond acceptors (Lipinski definition) is 4. The van der Waals surface area contributed by atoms with Crippen molar-refractivity contribution in [2.24, 2.45) is 13.0 Å². The van der Waals surface area contributed by atoms with Crippen LogP contribution in [0.25, 0.3) is 0 Å². The van der Waals surface area contributed by atoms with Crippen LogP contribution in [0.1, 0.15) is 30.3 Å². The molecule has 2 heterocycles. The SMILES string of the molecule is Cn1ccnc1[C@@H](NC(=O)C1CCN(S(=O)(=O)c2ccccc2F)CC1)c1ccccc1. The van der Waals surface area contributed by atoms with Gasteiger partial charge >= 0.3 is 0 Å². The lowest BCUT2D eigenvalue weighted by atomic mass is 9.96. The molecule has 0 bridgehead atoms. The predicted molar refractivity (Wildman–Crippen MR) is 118 cm³/mol. The Morgan fingerprint density at radius 3 is 2.38 bits per heavy atom. The van der Waals surface area contributed by atoms with Gasteiger partial charge in [-0.1, -0.05) is 42.5 Å². The summed E-state index contributed by atoms with van der Waals surface area (Å²) in [6.45, 7) is 0.320. The molecule has 168 valence electrons. The second-order valence-electron chi connectivity index (χ2n) is 7.86. The number of aryl methyl sites for hydroxylation is 1. The summed E-state index contributed by atoms with van der Waals surface area (Å²) in [5, 5.41) is 3.09. The summed E-state index contributed by atoms with van der Waals surface area (Å²) < 4.78 is 42.8. The molecule has 0 spiro atoms. The summed E-state index contributed by atoms with van der Waals surface area (Å²) in [6, 6.07) is 14.5. The van der Waals surface area contributed by atoms with Crippen molar-refractivity contribution < 1.29 is 17.6 Å². The number of piperidine rings is 1. The summed E-state index contributed by atoms with van der Waals surface area (Å²) in [4.78, 5) is 17.2. The van der Waals surface area contributed by atoms with E-state index in [1.165, 1.54) is 22.5 Å². The predicted octanol–water partition coefficient (Wildman–Crippen LogP) is 2.87. The van der Waals surface area contributed by atoms with E-state index in [2.05, 4.69) is 10.3 Å². The van der Waals surface area contributed by atoms with E-state index in [4.69, 9.17) is 0 Å². The number of imidazole rings is 1. The molecule has 0 saturated carbocycles. The number of carbonyl (C=O) groups excluding carboxylic acids is 1. The first-order chi connectivity index (χ1) is 15.4. The number of sulfonamides is 1. The maximum absolute atomic E-state index is 14.0. The fourth-order valence-corrected chi connectivity index (χ4v) is 5.54. The van der Waals surface area contributed by atoms with Gasteiger partial charge in [0.05, 0.1) is 0 Å². The number of amides is 1. The average Bonchev–Trinajstić information content (AvgIpc) is 3.23. The third-order valence-electron chi connectivity index (χ3n) is 5.82. The Kier molecular flexibility index (Phi) is 6.38. The molecule has 4 rings (SSSR count). The first-order valence-electron chi connectivity index (χ1n) is 10.4. The summed E-state index contributed by atoms with van der Waals surface area (Å²) >= 11 is 0. The molecule has 9 heteroatoms. The second kappa shape index (κ2) is 9.22. The molecule has 0 radical (unpaired) electrons. The van der Waals surface area contributed by atoms with Crippen LogP contribution in [0.3, 0.4) is 0 Å². The fraction of sp³-hybridized carbons (Fsp3) is 0.304. The number of carbonyl (C=O) groups is 1. The average molecular weight is 457 g/mol. The Hall–Kier alpha value is -3.04. The Morgan fingerprint density at radius 2 is 1.75 bits per heavy atom. The lowest BCUT2D eigenvalue weighted by Gasteiger charge is -2.31. The number of hydrogen-bond donors (Lipinski definition) is 1. The number of halogens is 1. The van der Waals surface area contributed by atoms with Crippen LogP contribution in [0.5, 0.6) is 0 Å². The van der Waals surface area contributed by atoms with Gasteiger partial charge in [0, 0.05) is 38.4 Å². The van der Waals surface area contributed by atoms with Gasteiger partial charge in [0.25, 0.3) is 0 Å². The van der Waals surface area contributed by atoms with Crippen molar-refractivity contribution in [3.8, 4) is 0 Å². The van der Waals surface area contributed by atoms with Crippen LogP contribution < -0.4 is 5.32 Å². The van der Waals surface area contributed by atoms with E-state index in [9.17, 15) is 17.6 Å². The Balaban J connectivity index is 1.46. The maximum Gasteiger partial charge on any atom is 0.245 e. The minimum absolute atomic E-state index is 0.148. The zero-order chi connectivity index (χ0) is 22.7. The summed E-state index contributed by atoms with van der Waals surface area (Å²) in [7, 11) is -2.06. The second-order valence-corrected chi connectivity index (χ2v) is 9.76. The highest BCUT2D eigenvalue weighted by Crippen LogP contribution is 2.27. The van der Waals surface area contributed by atoms with Crippen molar-refractivity contribution in [2.75, 3.05) is 13.1 Å². The first kappa shape index (κ1) is 22.2. The van der Waals surface area contributed by atoms with Crippen molar-refractivity contribution in [3.05, 3.63) is 84.2 Å². The van der Waals surface area contributed by atoms with E-state index in [1.54, 1.807) is 6.20 Å². The van der Waals surface area contributed by atoms with E-state index >= 15 is 0 Å². The highest BCUT2D eigenvalue weighted by molar-refractivity contribution is 7.89. The number of nitrogens with one attached hydrogen (secondary N) is 1. The van der Waals surface area contributed by atoms with Crippen LogP contribution in [0.4, 0.5) is 4.39 Å². The molecule has 1 aromatic heterocycles. The molecule has 0 unspecified atom stereocenters. The smallest absolute Gasteiger partial charge is 0.245 e. The molecule has 1 aliphatic rings. The third-order valence-corrected chi connectivity index (χ3v) is 7.75. The molecule has 1 saturated heterocycles.